The van der Waals surface area contributed by atoms with Gasteiger partial charge in [0.2, 0.25) is 0 Å². The van der Waals surface area contributed by atoms with Crippen molar-refractivity contribution in [3.05, 3.63) is 53.1 Å². The summed E-state index contributed by atoms with van der Waals surface area (Å²) in [4.78, 5) is 19.3. The maximum absolute atomic E-state index is 12.9. The van der Waals surface area contributed by atoms with Crippen LogP contribution in [0.25, 0.3) is 0 Å². The Hall–Kier alpha value is -2.52. The number of hydrogen-bond donors (Lipinski definition) is 0. The van der Waals surface area contributed by atoms with E-state index >= 15 is 0 Å². The molecular formula is C23H26N2O5S2. The van der Waals surface area contributed by atoms with Crippen LogP contribution in [0.5, 0.6) is 11.5 Å². The summed E-state index contributed by atoms with van der Waals surface area (Å²) in [6.07, 6.45) is 0.110. The lowest BCUT2D eigenvalue weighted by molar-refractivity contribution is -0.117. The Balaban J connectivity index is 1.65. The van der Waals surface area contributed by atoms with Crippen molar-refractivity contribution in [3.63, 3.8) is 0 Å². The monoisotopic (exact) mass is 474 g/mol. The van der Waals surface area contributed by atoms with Gasteiger partial charge in [-0.3, -0.25) is 4.79 Å². The molecule has 2 aliphatic heterocycles. The van der Waals surface area contributed by atoms with Gasteiger partial charge >= 0.3 is 0 Å². The van der Waals surface area contributed by atoms with Crippen molar-refractivity contribution in [1.82, 2.24) is 0 Å². The van der Waals surface area contributed by atoms with Gasteiger partial charge in [-0.1, -0.05) is 30.0 Å². The van der Waals surface area contributed by atoms with Crippen LogP contribution >= 0.6 is 11.8 Å². The maximum Gasteiger partial charge on any atom is 0.252 e. The molecule has 7 nitrogen and oxygen atoms in total. The SMILES string of the molecule is COc1ccc(CC(=O)N=C2SC3CS(=O)(=O)CC3N2c2cc(C)ccc2C)cc1OC. The van der Waals surface area contributed by atoms with Gasteiger partial charge in [-0.25, -0.2) is 8.42 Å². The van der Waals surface area contributed by atoms with Gasteiger partial charge in [0.1, 0.15) is 0 Å². The van der Waals surface area contributed by atoms with Crippen LogP contribution in [0.3, 0.4) is 0 Å². The minimum Gasteiger partial charge on any atom is -0.493 e. The molecule has 2 aromatic rings. The summed E-state index contributed by atoms with van der Waals surface area (Å²) in [5.41, 5.74) is 3.75. The van der Waals surface area contributed by atoms with Crippen LogP contribution in [0.4, 0.5) is 5.69 Å². The number of rotatable bonds is 5. The molecule has 0 aliphatic carbocycles. The molecule has 2 saturated heterocycles. The topological polar surface area (TPSA) is 85.3 Å². The minimum absolute atomic E-state index is 0.0704. The molecule has 1 amide bonds. The van der Waals surface area contributed by atoms with Gasteiger partial charge in [0, 0.05) is 10.9 Å². The number of fused-ring (bicyclic) bond motifs is 1. The van der Waals surface area contributed by atoms with E-state index in [1.807, 2.05) is 43.0 Å². The second-order valence-corrected chi connectivity index (χ2v) is 11.5. The number of hydrogen-bond acceptors (Lipinski definition) is 6. The highest BCUT2D eigenvalue weighted by Gasteiger charge is 2.49. The number of methoxy groups -OCH3 is 2. The lowest BCUT2D eigenvalue weighted by atomic mass is 10.1. The third-order valence-corrected chi connectivity index (χ3v) is 8.92. The smallest absolute Gasteiger partial charge is 0.252 e. The number of amides is 1. The van der Waals surface area contributed by atoms with Gasteiger partial charge in [0.05, 0.1) is 38.2 Å². The Kier molecular flexibility index (Phi) is 6.22. The van der Waals surface area contributed by atoms with E-state index in [0.717, 1.165) is 22.4 Å². The molecule has 2 heterocycles. The number of anilines is 1. The van der Waals surface area contributed by atoms with Crippen molar-refractivity contribution in [2.24, 2.45) is 4.99 Å². The van der Waals surface area contributed by atoms with Crippen LogP contribution in [0, 0.1) is 13.8 Å². The highest BCUT2D eigenvalue weighted by molar-refractivity contribution is 8.16. The molecule has 0 saturated carbocycles. The summed E-state index contributed by atoms with van der Waals surface area (Å²) in [5, 5.41) is 0.432. The first-order chi connectivity index (χ1) is 15.2. The van der Waals surface area contributed by atoms with E-state index in [0.29, 0.717) is 16.7 Å². The Morgan fingerprint density at radius 2 is 1.84 bits per heavy atom. The summed E-state index contributed by atoms with van der Waals surface area (Å²) in [6.45, 7) is 3.98. The molecule has 2 aliphatic rings. The van der Waals surface area contributed by atoms with Crippen molar-refractivity contribution in [2.45, 2.75) is 31.6 Å². The van der Waals surface area contributed by atoms with Crippen molar-refractivity contribution >= 4 is 38.4 Å². The van der Waals surface area contributed by atoms with E-state index < -0.39 is 9.84 Å². The van der Waals surface area contributed by atoms with E-state index in [1.165, 1.54) is 11.8 Å². The fourth-order valence-electron chi connectivity index (χ4n) is 4.14. The maximum atomic E-state index is 12.9. The number of thioether (sulfide) groups is 1. The Labute approximate surface area is 192 Å². The molecule has 4 rings (SSSR count). The molecule has 0 spiro atoms. The number of benzene rings is 2. The van der Waals surface area contributed by atoms with Gasteiger partial charge < -0.3 is 14.4 Å². The first-order valence-electron chi connectivity index (χ1n) is 10.3. The number of aliphatic imine (C=N–C) groups is 1. The summed E-state index contributed by atoms with van der Waals surface area (Å²) in [7, 11) is -0.00261. The lowest BCUT2D eigenvalue weighted by Crippen LogP contribution is -2.38. The first kappa shape index (κ1) is 22.7. The Morgan fingerprint density at radius 3 is 2.56 bits per heavy atom. The van der Waals surface area contributed by atoms with Crippen molar-refractivity contribution < 1.29 is 22.7 Å². The average Bonchev–Trinajstić information content (AvgIpc) is 3.20. The van der Waals surface area contributed by atoms with Crippen molar-refractivity contribution in [1.29, 1.82) is 0 Å². The van der Waals surface area contributed by atoms with Gasteiger partial charge in [0.25, 0.3) is 5.91 Å². The fraction of sp³-hybridized carbons (Fsp3) is 0.391. The first-order valence-corrected chi connectivity index (χ1v) is 13.0. The van der Waals surface area contributed by atoms with Gasteiger partial charge in [-0.15, -0.1) is 0 Å². The molecule has 2 unspecified atom stereocenters. The Morgan fingerprint density at radius 1 is 1.09 bits per heavy atom. The molecule has 0 N–H and O–H groups in total. The number of carbonyl (C=O) groups excluding carboxylic acids is 1. The third kappa shape index (κ3) is 4.49. The van der Waals surface area contributed by atoms with E-state index in [9.17, 15) is 13.2 Å². The van der Waals surface area contributed by atoms with Crippen LogP contribution in [0.15, 0.2) is 41.4 Å². The zero-order valence-electron chi connectivity index (χ0n) is 18.5. The number of sulfone groups is 1. The molecule has 0 bridgehead atoms. The minimum atomic E-state index is -3.11. The summed E-state index contributed by atoms with van der Waals surface area (Å²) in [5.74, 6) is 1.03. The number of aryl methyl sites for hydroxylation is 2. The largest absolute Gasteiger partial charge is 0.493 e. The van der Waals surface area contributed by atoms with Crippen molar-refractivity contribution in [2.75, 3.05) is 30.6 Å². The van der Waals surface area contributed by atoms with E-state index in [1.54, 1.807) is 26.4 Å². The summed E-state index contributed by atoms with van der Waals surface area (Å²) < 4.78 is 35.1. The molecule has 9 heteroatoms. The number of amidine groups is 1. The standard InChI is InChI=1S/C23H26N2O5S2/c1-14-5-6-15(2)17(9-14)25-18-12-32(27,28)13-21(18)31-23(25)24-22(26)11-16-7-8-19(29-3)20(10-16)30-4/h5-10,18,21H,11-13H2,1-4H3. The predicted molar refractivity (Wildman–Crippen MR) is 128 cm³/mol. The Bertz CT molecular complexity index is 1190. The van der Waals surface area contributed by atoms with Gasteiger partial charge in [-0.05, 0) is 48.7 Å². The lowest BCUT2D eigenvalue weighted by Gasteiger charge is -2.26. The summed E-state index contributed by atoms with van der Waals surface area (Å²) in [6, 6.07) is 11.2. The van der Waals surface area contributed by atoms with Crippen LogP contribution in [0.1, 0.15) is 16.7 Å². The highest BCUT2D eigenvalue weighted by Crippen LogP contribution is 2.42. The van der Waals surface area contributed by atoms with E-state index in [2.05, 4.69) is 4.99 Å². The fourth-order valence-corrected chi connectivity index (χ4v) is 8.06. The second kappa shape index (κ2) is 8.78. The van der Waals surface area contributed by atoms with Crippen LogP contribution in [-0.4, -0.2) is 56.5 Å². The van der Waals surface area contributed by atoms with E-state index in [-0.39, 0.29) is 35.1 Å². The molecule has 170 valence electrons. The van der Waals surface area contributed by atoms with Crippen molar-refractivity contribution in [3.8, 4) is 11.5 Å². The van der Waals surface area contributed by atoms with Crippen LogP contribution < -0.4 is 14.4 Å². The average molecular weight is 475 g/mol. The second-order valence-electron chi connectivity index (χ2n) is 8.11. The van der Waals surface area contributed by atoms with Gasteiger partial charge in [-0.2, -0.15) is 4.99 Å². The van der Waals surface area contributed by atoms with E-state index in [4.69, 9.17) is 9.47 Å². The number of nitrogens with zero attached hydrogens (tertiary/aromatic N) is 2. The summed E-state index contributed by atoms with van der Waals surface area (Å²) >= 11 is 1.38. The molecule has 2 aromatic carbocycles. The normalized spacial score (nSPS) is 22.8. The molecule has 2 fully saturated rings. The van der Waals surface area contributed by atoms with Crippen LogP contribution in [0.2, 0.25) is 0 Å². The molecule has 0 radical (unpaired) electrons. The van der Waals surface area contributed by atoms with Gasteiger partial charge in [0.15, 0.2) is 26.5 Å². The quantitative estimate of drug-likeness (QED) is 0.658. The molecule has 2 atom stereocenters. The molecular weight excluding hydrogens is 448 g/mol. The zero-order valence-corrected chi connectivity index (χ0v) is 20.1. The van der Waals surface area contributed by atoms with Crippen LogP contribution in [-0.2, 0) is 21.1 Å². The number of ether oxygens (including phenoxy) is 2. The molecule has 32 heavy (non-hydrogen) atoms. The zero-order chi connectivity index (χ0) is 23.0. The number of carbonyl (C=O) groups is 1. The highest BCUT2D eigenvalue weighted by atomic mass is 32.2. The third-order valence-electron chi connectivity index (χ3n) is 5.71. The predicted octanol–water partition coefficient (Wildman–Crippen LogP) is 3.16. The molecule has 0 aromatic heterocycles.